The van der Waals surface area contributed by atoms with Crippen LogP contribution < -0.4 is 4.87 Å². The van der Waals surface area contributed by atoms with E-state index in [0.717, 1.165) is 36.4 Å². The van der Waals surface area contributed by atoms with Crippen LogP contribution in [0.1, 0.15) is 35.5 Å². The molecule has 3 heterocycles. The van der Waals surface area contributed by atoms with E-state index >= 15 is 0 Å². The average molecular weight is 322 g/mol. The first-order valence-corrected chi connectivity index (χ1v) is 8.88. The Morgan fingerprint density at radius 2 is 2.24 bits per heavy atom. The van der Waals surface area contributed by atoms with Crippen molar-refractivity contribution in [2.24, 2.45) is 0 Å². The number of amides is 1. The zero-order valence-electron chi connectivity index (χ0n) is 12.2. The van der Waals surface area contributed by atoms with E-state index in [2.05, 4.69) is 18.4 Å². The summed E-state index contributed by atoms with van der Waals surface area (Å²) in [6, 6.07) is 2.29. The predicted molar refractivity (Wildman–Crippen MR) is 86.1 cm³/mol. The van der Waals surface area contributed by atoms with Gasteiger partial charge >= 0.3 is 4.87 Å². The Morgan fingerprint density at radius 3 is 2.90 bits per heavy atom. The number of hydrogen-bond acceptors (Lipinski definition) is 4. The number of aryl methyl sites for hydroxylation is 1. The van der Waals surface area contributed by atoms with Gasteiger partial charge in [0.1, 0.15) is 6.54 Å². The number of aromatic nitrogens is 1. The topological polar surface area (TPSA) is 42.3 Å². The summed E-state index contributed by atoms with van der Waals surface area (Å²) >= 11 is 2.93. The Balaban J connectivity index is 1.84. The summed E-state index contributed by atoms with van der Waals surface area (Å²) in [4.78, 5) is 27.7. The molecule has 0 saturated carbocycles. The lowest BCUT2D eigenvalue weighted by Gasteiger charge is -2.35. The lowest BCUT2D eigenvalue weighted by molar-refractivity contribution is -0.134. The van der Waals surface area contributed by atoms with Crippen molar-refractivity contribution in [3.63, 3.8) is 0 Å². The minimum atomic E-state index is -0.0536. The predicted octanol–water partition coefficient (Wildman–Crippen LogP) is 2.82. The van der Waals surface area contributed by atoms with Crippen LogP contribution in [0.25, 0.3) is 0 Å². The standard InChI is InChI=1S/C15H18N2O2S2/c1-3-12-11-5-7-20-13(11)4-6-16(12)14(18)8-17-10(2)9-21-15(17)19/h5,7,9,12H,3-4,6,8H2,1-2H3. The molecule has 1 unspecified atom stereocenters. The molecular formula is C15H18N2O2S2. The molecule has 0 aromatic carbocycles. The van der Waals surface area contributed by atoms with E-state index in [-0.39, 0.29) is 23.4 Å². The number of carbonyl (C=O) groups excluding carboxylic acids is 1. The Labute approximate surface area is 131 Å². The van der Waals surface area contributed by atoms with Gasteiger partial charge in [-0.25, -0.2) is 0 Å². The number of hydrogen-bond donors (Lipinski definition) is 0. The average Bonchev–Trinajstić information content (AvgIpc) is 3.07. The van der Waals surface area contributed by atoms with Crippen LogP contribution >= 0.6 is 22.7 Å². The van der Waals surface area contributed by atoms with Gasteiger partial charge in [-0.15, -0.1) is 11.3 Å². The molecule has 0 aliphatic carbocycles. The Morgan fingerprint density at radius 1 is 1.43 bits per heavy atom. The van der Waals surface area contributed by atoms with Gasteiger partial charge < -0.3 is 4.90 Å². The van der Waals surface area contributed by atoms with Crippen molar-refractivity contribution < 1.29 is 4.79 Å². The molecule has 1 aliphatic heterocycles. The largest absolute Gasteiger partial charge is 0.334 e. The molecule has 0 spiro atoms. The molecule has 3 rings (SSSR count). The minimum Gasteiger partial charge on any atom is -0.334 e. The first kappa shape index (κ1) is 14.5. The lowest BCUT2D eigenvalue weighted by atomic mass is 9.98. The highest BCUT2D eigenvalue weighted by atomic mass is 32.1. The third-order valence-corrected chi connectivity index (χ3v) is 5.95. The lowest BCUT2D eigenvalue weighted by Crippen LogP contribution is -2.42. The van der Waals surface area contributed by atoms with E-state index < -0.39 is 0 Å². The van der Waals surface area contributed by atoms with Crippen molar-refractivity contribution in [2.45, 2.75) is 39.3 Å². The number of nitrogens with zero attached hydrogens (tertiary/aromatic N) is 2. The van der Waals surface area contributed by atoms with Crippen LogP contribution in [-0.2, 0) is 17.8 Å². The molecule has 6 heteroatoms. The molecule has 21 heavy (non-hydrogen) atoms. The summed E-state index contributed by atoms with van der Waals surface area (Å²) in [7, 11) is 0. The maximum atomic E-state index is 12.6. The second-order valence-corrected chi connectivity index (χ2v) is 7.11. The summed E-state index contributed by atoms with van der Waals surface area (Å²) in [6.07, 6.45) is 1.83. The van der Waals surface area contributed by atoms with Crippen LogP contribution in [0.15, 0.2) is 21.6 Å². The van der Waals surface area contributed by atoms with Crippen molar-refractivity contribution in [1.29, 1.82) is 0 Å². The third-order valence-electron chi connectivity index (χ3n) is 4.07. The van der Waals surface area contributed by atoms with Gasteiger partial charge in [0.05, 0.1) is 6.04 Å². The van der Waals surface area contributed by atoms with E-state index in [1.165, 1.54) is 10.4 Å². The summed E-state index contributed by atoms with van der Waals surface area (Å²) in [5.41, 5.74) is 2.15. The molecule has 0 fully saturated rings. The summed E-state index contributed by atoms with van der Waals surface area (Å²) < 4.78 is 1.57. The van der Waals surface area contributed by atoms with Crippen LogP contribution in [0.5, 0.6) is 0 Å². The van der Waals surface area contributed by atoms with E-state index in [1.54, 1.807) is 21.3 Å². The number of thiazole rings is 1. The maximum Gasteiger partial charge on any atom is 0.307 e. The number of thiophene rings is 1. The molecule has 0 saturated heterocycles. The van der Waals surface area contributed by atoms with Crippen molar-refractivity contribution in [3.05, 3.63) is 42.6 Å². The smallest absolute Gasteiger partial charge is 0.307 e. The van der Waals surface area contributed by atoms with E-state index in [9.17, 15) is 9.59 Å². The number of carbonyl (C=O) groups is 1. The first-order chi connectivity index (χ1) is 10.1. The maximum absolute atomic E-state index is 12.6. The highest BCUT2D eigenvalue weighted by molar-refractivity contribution is 7.10. The van der Waals surface area contributed by atoms with Crippen molar-refractivity contribution in [1.82, 2.24) is 9.47 Å². The quantitative estimate of drug-likeness (QED) is 0.872. The summed E-state index contributed by atoms with van der Waals surface area (Å²) in [6.45, 7) is 4.89. The van der Waals surface area contributed by atoms with Gasteiger partial charge in [0.25, 0.3) is 0 Å². The highest BCUT2D eigenvalue weighted by Gasteiger charge is 2.30. The molecule has 0 N–H and O–H groups in total. The number of rotatable bonds is 3. The van der Waals surface area contributed by atoms with E-state index in [4.69, 9.17) is 0 Å². The Hall–Kier alpha value is -1.40. The molecule has 112 valence electrons. The van der Waals surface area contributed by atoms with Gasteiger partial charge in [-0.2, -0.15) is 0 Å². The molecule has 0 bridgehead atoms. The number of fused-ring (bicyclic) bond motifs is 1. The Kier molecular flexibility index (Phi) is 3.99. The van der Waals surface area contributed by atoms with Crippen molar-refractivity contribution >= 4 is 28.6 Å². The van der Waals surface area contributed by atoms with E-state index in [1.807, 2.05) is 11.8 Å². The fraction of sp³-hybridized carbons (Fsp3) is 0.467. The van der Waals surface area contributed by atoms with Crippen LogP contribution in [0.4, 0.5) is 0 Å². The van der Waals surface area contributed by atoms with Gasteiger partial charge in [-0.05, 0) is 36.8 Å². The van der Waals surface area contributed by atoms with Crippen LogP contribution in [0.2, 0.25) is 0 Å². The van der Waals surface area contributed by atoms with Crippen molar-refractivity contribution in [3.8, 4) is 0 Å². The molecule has 1 atom stereocenters. The zero-order valence-corrected chi connectivity index (χ0v) is 13.8. The van der Waals surface area contributed by atoms with Crippen molar-refractivity contribution in [2.75, 3.05) is 6.54 Å². The second kappa shape index (κ2) is 5.77. The zero-order chi connectivity index (χ0) is 15.0. The fourth-order valence-electron chi connectivity index (χ4n) is 2.96. The monoisotopic (exact) mass is 322 g/mol. The Bertz CT molecular complexity index is 713. The van der Waals surface area contributed by atoms with Crippen LogP contribution in [-0.4, -0.2) is 21.9 Å². The van der Waals surface area contributed by atoms with Gasteiger partial charge in [-0.1, -0.05) is 18.3 Å². The molecule has 1 amide bonds. The highest BCUT2D eigenvalue weighted by Crippen LogP contribution is 2.35. The normalized spacial score (nSPS) is 17.8. The molecule has 4 nitrogen and oxygen atoms in total. The van der Waals surface area contributed by atoms with Gasteiger partial charge in [0.15, 0.2) is 0 Å². The molecule has 2 aromatic heterocycles. The molecule has 1 aliphatic rings. The summed E-state index contributed by atoms with van der Waals surface area (Å²) in [5, 5.41) is 3.91. The molecular weight excluding hydrogens is 304 g/mol. The second-order valence-electron chi connectivity index (χ2n) is 5.29. The first-order valence-electron chi connectivity index (χ1n) is 7.12. The fourth-order valence-corrected chi connectivity index (χ4v) is 4.62. The molecule has 2 aromatic rings. The minimum absolute atomic E-state index is 0.0438. The van der Waals surface area contributed by atoms with Crippen LogP contribution in [0, 0.1) is 6.92 Å². The van der Waals surface area contributed by atoms with Gasteiger partial charge in [0.2, 0.25) is 5.91 Å². The third kappa shape index (κ3) is 2.58. The summed E-state index contributed by atoms with van der Waals surface area (Å²) in [5.74, 6) is 0.0438. The van der Waals surface area contributed by atoms with Gasteiger partial charge in [-0.3, -0.25) is 14.2 Å². The van der Waals surface area contributed by atoms with Crippen LogP contribution in [0.3, 0.4) is 0 Å². The SMILES string of the molecule is CCC1c2ccsc2CCN1C(=O)Cn1c(C)csc1=O. The molecule has 0 radical (unpaired) electrons. The van der Waals surface area contributed by atoms with Gasteiger partial charge in [0, 0.05) is 22.5 Å². The van der Waals surface area contributed by atoms with E-state index in [0.29, 0.717) is 0 Å².